The minimum atomic E-state index is -0.478. The molecule has 0 aliphatic heterocycles. The Morgan fingerprint density at radius 3 is 2.77 bits per heavy atom. The van der Waals surface area contributed by atoms with E-state index in [1.165, 1.54) is 0 Å². The highest BCUT2D eigenvalue weighted by atomic mass is 16.2. The minimum absolute atomic E-state index is 0.00421. The summed E-state index contributed by atoms with van der Waals surface area (Å²) < 4.78 is 1.12. The van der Waals surface area contributed by atoms with Crippen LogP contribution in [-0.2, 0) is 0 Å². The molecular formula is C8H7N3O2. The van der Waals surface area contributed by atoms with Crippen LogP contribution in [0.15, 0.2) is 15.8 Å². The van der Waals surface area contributed by atoms with E-state index in [9.17, 15) is 9.59 Å². The molecule has 5 heteroatoms. The number of aromatic nitrogens is 2. The van der Waals surface area contributed by atoms with Crippen LogP contribution < -0.4 is 11.2 Å². The molecule has 0 spiro atoms. The Morgan fingerprint density at radius 1 is 1.54 bits per heavy atom. The molecule has 2 rings (SSSR count). The standard InChI is InChI=1S/C8H7N3O2/c9-3-5-4-10-8(13)11(7(5)12)6-1-2-6/h4,6H,1-2H2,(H,10,13). The summed E-state index contributed by atoms with van der Waals surface area (Å²) in [6, 6.07) is 1.75. The predicted octanol–water partition coefficient (Wildman–Crippen LogP) is -0.257. The van der Waals surface area contributed by atoms with Gasteiger partial charge in [-0.25, -0.2) is 4.79 Å². The molecule has 1 N–H and O–H groups in total. The lowest BCUT2D eigenvalue weighted by molar-refractivity contribution is 0.652. The lowest BCUT2D eigenvalue weighted by Gasteiger charge is -1.99. The van der Waals surface area contributed by atoms with Crippen LogP contribution in [0.5, 0.6) is 0 Å². The highest BCUT2D eigenvalue weighted by molar-refractivity contribution is 5.22. The van der Waals surface area contributed by atoms with Crippen molar-refractivity contribution in [3.8, 4) is 6.07 Å². The Bertz CT molecular complexity index is 487. The second-order valence-electron chi connectivity index (χ2n) is 3.03. The van der Waals surface area contributed by atoms with Gasteiger partial charge >= 0.3 is 5.69 Å². The van der Waals surface area contributed by atoms with Crippen LogP contribution in [0.25, 0.3) is 0 Å². The summed E-state index contributed by atoms with van der Waals surface area (Å²) in [5.41, 5.74) is -0.910. The second kappa shape index (κ2) is 2.59. The maximum absolute atomic E-state index is 11.4. The van der Waals surface area contributed by atoms with Gasteiger partial charge in [0.2, 0.25) is 0 Å². The van der Waals surface area contributed by atoms with Crippen molar-refractivity contribution >= 4 is 0 Å². The van der Waals surface area contributed by atoms with Crippen LogP contribution >= 0.6 is 0 Å². The average Bonchev–Trinajstić information content (AvgIpc) is 2.89. The normalized spacial score (nSPS) is 15.3. The Labute approximate surface area is 73.3 Å². The molecule has 1 aliphatic carbocycles. The van der Waals surface area contributed by atoms with Crippen molar-refractivity contribution in [2.75, 3.05) is 0 Å². The summed E-state index contributed by atoms with van der Waals surface area (Å²) in [4.78, 5) is 25.0. The number of hydrogen-bond donors (Lipinski definition) is 1. The molecule has 1 aromatic heterocycles. The number of rotatable bonds is 1. The van der Waals surface area contributed by atoms with Gasteiger partial charge < -0.3 is 4.98 Å². The number of nitrogens with one attached hydrogen (secondary N) is 1. The van der Waals surface area contributed by atoms with Crippen molar-refractivity contribution in [1.82, 2.24) is 9.55 Å². The second-order valence-corrected chi connectivity index (χ2v) is 3.03. The smallest absolute Gasteiger partial charge is 0.313 e. The van der Waals surface area contributed by atoms with Gasteiger partial charge in [-0.1, -0.05) is 0 Å². The van der Waals surface area contributed by atoms with Crippen molar-refractivity contribution in [2.24, 2.45) is 0 Å². The number of nitrogens with zero attached hydrogens (tertiary/aromatic N) is 2. The van der Waals surface area contributed by atoms with Gasteiger partial charge in [0, 0.05) is 12.2 Å². The summed E-state index contributed by atoms with van der Waals surface area (Å²) in [7, 11) is 0. The monoisotopic (exact) mass is 177 g/mol. The molecule has 1 heterocycles. The van der Waals surface area contributed by atoms with Crippen molar-refractivity contribution in [1.29, 1.82) is 5.26 Å². The molecule has 1 saturated carbocycles. The van der Waals surface area contributed by atoms with Gasteiger partial charge in [0.1, 0.15) is 11.6 Å². The van der Waals surface area contributed by atoms with E-state index in [0.29, 0.717) is 0 Å². The van der Waals surface area contributed by atoms with Crippen LogP contribution in [0.2, 0.25) is 0 Å². The van der Waals surface area contributed by atoms with Crippen LogP contribution in [-0.4, -0.2) is 9.55 Å². The molecular weight excluding hydrogens is 170 g/mol. The van der Waals surface area contributed by atoms with Gasteiger partial charge in [-0.3, -0.25) is 9.36 Å². The number of hydrogen-bond acceptors (Lipinski definition) is 3. The maximum atomic E-state index is 11.4. The molecule has 0 bridgehead atoms. The Kier molecular flexibility index (Phi) is 1.55. The highest BCUT2D eigenvalue weighted by Crippen LogP contribution is 2.31. The Hall–Kier alpha value is -1.83. The zero-order chi connectivity index (χ0) is 9.42. The predicted molar refractivity (Wildman–Crippen MR) is 44.3 cm³/mol. The van der Waals surface area contributed by atoms with Gasteiger partial charge in [-0.15, -0.1) is 0 Å². The van der Waals surface area contributed by atoms with E-state index < -0.39 is 11.2 Å². The molecule has 0 aromatic carbocycles. The highest BCUT2D eigenvalue weighted by Gasteiger charge is 2.27. The van der Waals surface area contributed by atoms with Crippen LogP contribution in [0.3, 0.4) is 0 Å². The third kappa shape index (κ3) is 1.16. The van der Waals surface area contributed by atoms with E-state index in [0.717, 1.165) is 23.6 Å². The van der Waals surface area contributed by atoms with E-state index in [-0.39, 0.29) is 11.6 Å². The molecule has 13 heavy (non-hydrogen) atoms. The lowest BCUT2D eigenvalue weighted by Crippen LogP contribution is -2.35. The summed E-state index contributed by atoms with van der Waals surface area (Å²) in [5, 5.41) is 8.55. The molecule has 66 valence electrons. The van der Waals surface area contributed by atoms with Gasteiger partial charge in [-0.05, 0) is 12.8 Å². The molecule has 1 aromatic rings. The topological polar surface area (TPSA) is 78.7 Å². The molecule has 5 nitrogen and oxygen atoms in total. The molecule has 0 unspecified atom stereocenters. The van der Waals surface area contributed by atoms with Crippen LogP contribution in [0, 0.1) is 11.3 Å². The summed E-state index contributed by atoms with van der Waals surface area (Å²) in [5.74, 6) is 0. The first-order chi connectivity index (χ1) is 6.24. The van der Waals surface area contributed by atoms with E-state index in [1.807, 2.05) is 0 Å². The first-order valence-electron chi connectivity index (χ1n) is 3.98. The zero-order valence-corrected chi connectivity index (χ0v) is 6.78. The zero-order valence-electron chi connectivity index (χ0n) is 6.78. The van der Waals surface area contributed by atoms with Gasteiger partial charge in [0.25, 0.3) is 5.56 Å². The fourth-order valence-corrected chi connectivity index (χ4v) is 1.23. The summed E-state index contributed by atoms with van der Waals surface area (Å²) in [6.45, 7) is 0. The first-order valence-corrected chi connectivity index (χ1v) is 3.98. The third-order valence-electron chi connectivity index (χ3n) is 2.04. The Balaban J connectivity index is 2.73. The molecule has 0 amide bonds. The number of aromatic amines is 1. The van der Waals surface area contributed by atoms with Gasteiger partial charge in [0.05, 0.1) is 0 Å². The van der Waals surface area contributed by atoms with Gasteiger partial charge in [0.15, 0.2) is 0 Å². The van der Waals surface area contributed by atoms with E-state index in [1.54, 1.807) is 6.07 Å². The number of nitriles is 1. The quantitative estimate of drug-likeness (QED) is 0.642. The molecule has 0 atom stereocenters. The summed E-state index contributed by atoms with van der Waals surface area (Å²) >= 11 is 0. The van der Waals surface area contributed by atoms with E-state index >= 15 is 0 Å². The largest absolute Gasteiger partial charge is 0.328 e. The fraction of sp³-hybridized carbons (Fsp3) is 0.375. The summed E-state index contributed by atoms with van der Waals surface area (Å²) in [6.07, 6.45) is 2.85. The van der Waals surface area contributed by atoms with Crippen molar-refractivity contribution < 1.29 is 0 Å². The van der Waals surface area contributed by atoms with E-state index in [2.05, 4.69) is 4.98 Å². The molecule has 1 fully saturated rings. The average molecular weight is 177 g/mol. The first kappa shape index (κ1) is 7.80. The van der Waals surface area contributed by atoms with Crippen LogP contribution in [0.4, 0.5) is 0 Å². The van der Waals surface area contributed by atoms with Crippen LogP contribution in [0.1, 0.15) is 24.4 Å². The third-order valence-corrected chi connectivity index (χ3v) is 2.04. The van der Waals surface area contributed by atoms with Gasteiger partial charge in [-0.2, -0.15) is 5.26 Å². The van der Waals surface area contributed by atoms with Crippen molar-refractivity contribution in [3.05, 3.63) is 32.6 Å². The molecule has 1 aliphatic rings. The Morgan fingerprint density at radius 2 is 2.23 bits per heavy atom. The minimum Gasteiger partial charge on any atom is -0.313 e. The maximum Gasteiger partial charge on any atom is 0.328 e. The SMILES string of the molecule is N#Cc1c[nH]c(=O)n(C2CC2)c1=O. The number of H-pyrrole nitrogens is 1. The molecule has 0 saturated heterocycles. The molecule has 0 radical (unpaired) electrons. The fourth-order valence-electron chi connectivity index (χ4n) is 1.23. The lowest BCUT2D eigenvalue weighted by atomic mass is 10.4. The van der Waals surface area contributed by atoms with E-state index in [4.69, 9.17) is 5.26 Å². The van der Waals surface area contributed by atoms with Crippen molar-refractivity contribution in [3.63, 3.8) is 0 Å². The van der Waals surface area contributed by atoms with Crippen molar-refractivity contribution in [2.45, 2.75) is 18.9 Å².